The minimum atomic E-state index is -0.212. The summed E-state index contributed by atoms with van der Waals surface area (Å²) in [6, 6.07) is 0. The van der Waals surface area contributed by atoms with Crippen molar-refractivity contribution in [3.63, 3.8) is 0 Å². The molecule has 2 nitrogen and oxygen atoms in total. The molecule has 3 rings (SSSR count). The lowest BCUT2D eigenvalue weighted by Crippen LogP contribution is -2.35. The molecule has 2 heteroatoms. The first-order chi connectivity index (χ1) is 9.45. The molecule has 3 aliphatic rings. The van der Waals surface area contributed by atoms with Gasteiger partial charge in [0.2, 0.25) is 0 Å². The molecule has 2 unspecified atom stereocenters. The number of hydrogen-bond donors (Lipinski definition) is 1. The van der Waals surface area contributed by atoms with Gasteiger partial charge in [0, 0.05) is 6.61 Å². The van der Waals surface area contributed by atoms with Crippen LogP contribution in [0, 0.1) is 22.7 Å². The molecule has 3 saturated carbocycles. The van der Waals surface area contributed by atoms with Gasteiger partial charge in [-0.15, -0.1) is 0 Å². The van der Waals surface area contributed by atoms with Gasteiger partial charge in [0.1, 0.15) is 0 Å². The van der Waals surface area contributed by atoms with E-state index in [0.29, 0.717) is 10.8 Å². The Morgan fingerprint density at radius 2 is 1.85 bits per heavy atom. The van der Waals surface area contributed by atoms with E-state index >= 15 is 0 Å². The van der Waals surface area contributed by atoms with Gasteiger partial charge < -0.3 is 9.84 Å². The van der Waals surface area contributed by atoms with E-state index in [1.165, 1.54) is 32.1 Å². The van der Waals surface area contributed by atoms with Gasteiger partial charge in [-0.2, -0.15) is 0 Å². The predicted molar refractivity (Wildman–Crippen MR) is 81.6 cm³/mol. The van der Waals surface area contributed by atoms with Crippen molar-refractivity contribution in [3.8, 4) is 0 Å². The molecule has 0 heterocycles. The van der Waals surface area contributed by atoms with Crippen molar-refractivity contribution in [2.24, 2.45) is 22.7 Å². The average molecular weight is 280 g/mol. The van der Waals surface area contributed by atoms with Crippen molar-refractivity contribution in [2.75, 3.05) is 6.61 Å². The fourth-order valence-corrected chi connectivity index (χ4v) is 5.44. The van der Waals surface area contributed by atoms with Gasteiger partial charge in [0.05, 0.1) is 12.2 Å². The Hall–Kier alpha value is -0.0800. The van der Waals surface area contributed by atoms with E-state index in [9.17, 15) is 5.11 Å². The second-order valence-corrected chi connectivity index (χ2v) is 8.36. The highest BCUT2D eigenvalue weighted by molar-refractivity contribution is 5.09. The summed E-state index contributed by atoms with van der Waals surface area (Å²) >= 11 is 0. The molecule has 0 amide bonds. The highest BCUT2D eigenvalue weighted by Crippen LogP contribution is 2.68. The molecule has 0 radical (unpaired) electrons. The molecular weight excluding hydrogens is 248 g/mol. The van der Waals surface area contributed by atoms with Crippen LogP contribution in [0.1, 0.15) is 72.1 Å². The predicted octanol–water partition coefficient (Wildman–Crippen LogP) is 4.16. The van der Waals surface area contributed by atoms with Gasteiger partial charge in [-0.1, -0.05) is 33.6 Å². The summed E-state index contributed by atoms with van der Waals surface area (Å²) in [4.78, 5) is 0. The van der Waals surface area contributed by atoms with E-state index in [0.717, 1.165) is 37.7 Å². The number of aliphatic hydroxyl groups excluding tert-OH is 1. The monoisotopic (exact) mass is 280 g/mol. The van der Waals surface area contributed by atoms with Gasteiger partial charge >= 0.3 is 0 Å². The summed E-state index contributed by atoms with van der Waals surface area (Å²) in [5.41, 5.74) is 1.04. The zero-order valence-corrected chi connectivity index (χ0v) is 13.5. The SMILES string of the molecule is CC1(C)[C@H]2CC[C@]1(C)[C@@H](CCOC1CCCCC1O)C2. The van der Waals surface area contributed by atoms with Crippen LogP contribution in [0.2, 0.25) is 0 Å². The molecule has 5 atom stereocenters. The number of rotatable bonds is 4. The summed E-state index contributed by atoms with van der Waals surface area (Å²) in [5.74, 6) is 1.76. The molecule has 0 spiro atoms. The van der Waals surface area contributed by atoms with Gasteiger partial charge in [-0.3, -0.25) is 0 Å². The molecule has 2 bridgehead atoms. The van der Waals surface area contributed by atoms with Crippen molar-refractivity contribution >= 4 is 0 Å². The molecule has 3 fully saturated rings. The van der Waals surface area contributed by atoms with Crippen LogP contribution in [0.15, 0.2) is 0 Å². The lowest BCUT2D eigenvalue weighted by Gasteiger charge is -2.39. The Balaban J connectivity index is 1.50. The van der Waals surface area contributed by atoms with E-state index in [1.54, 1.807) is 0 Å². The van der Waals surface area contributed by atoms with Crippen molar-refractivity contribution in [3.05, 3.63) is 0 Å². The number of fused-ring (bicyclic) bond motifs is 2. The third-order valence-corrected chi connectivity index (χ3v) is 7.44. The molecule has 3 aliphatic carbocycles. The van der Waals surface area contributed by atoms with Gasteiger partial charge in [0.15, 0.2) is 0 Å². The van der Waals surface area contributed by atoms with Gasteiger partial charge in [-0.25, -0.2) is 0 Å². The second-order valence-electron chi connectivity index (χ2n) is 8.36. The van der Waals surface area contributed by atoms with Crippen molar-refractivity contribution < 1.29 is 9.84 Å². The highest BCUT2D eigenvalue weighted by Gasteiger charge is 2.60. The zero-order chi connectivity index (χ0) is 14.4. The Morgan fingerprint density at radius 3 is 2.45 bits per heavy atom. The van der Waals surface area contributed by atoms with Crippen LogP contribution in [-0.2, 0) is 4.74 Å². The smallest absolute Gasteiger partial charge is 0.0833 e. The largest absolute Gasteiger partial charge is 0.390 e. The summed E-state index contributed by atoms with van der Waals surface area (Å²) in [6.45, 7) is 8.33. The van der Waals surface area contributed by atoms with E-state index in [4.69, 9.17) is 4.74 Å². The Bertz CT molecular complexity index is 351. The molecule has 0 aromatic heterocycles. The second kappa shape index (κ2) is 5.28. The Morgan fingerprint density at radius 1 is 1.10 bits per heavy atom. The van der Waals surface area contributed by atoms with E-state index in [2.05, 4.69) is 20.8 Å². The zero-order valence-electron chi connectivity index (χ0n) is 13.5. The maximum atomic E-state index is 9.97. The molecule has 0 aromatic carbocycles. The molecular formula is C18H32O2. The number of hydrogen-bond acceptors (Lipinski definition) is 2. The third kappa shape index (κ3) is 2.23. The highest BCUT2D eigenvalue weighted by atomic mass is 16.5. The van der Waals surface area contributed by atoms with Crippen LogP contribution in [0.5, 0.6) is 0 Å². The summed E-state index contributed by atoms with van der Waals surface area (Å²) < 4.78 is 6.03. The van der Waals surface area contributed by atoms with Crippen molar-refractivity contribution in [2.45, 2.75) is 84.3 Å². The fraction of sp³-hybridized carbons (Fsp3) is 1.00. The van der Waals surface area contributed by atoms with Gasteiger partial charge in [-0.05, 0) is 61.2 Å². The Kier molecular flexibility index (Phi) is 3.92. The minimum absolute atomic E-state index is 0.114. The number of ether oxygens (including phenoxy) is 1. The maximum absolute atomic E-state index is 9.97. The van der Waals surface area contributed by atoms with Crippen LogP contribution in [-0.4, -0.2) is 23.9 Å². The Labute approximate surface area is 124 Å². The number of aliphatic hydroxyl groups is 1. The molecule has 1 N–H and O–H groups in total. The first kappa shape index (κ1) is 14.8. The maximum Gasteiger partial charge on any atom is 0.0833 e. The van der Waals surface area contributed by atoms with E-state index in [-0.39, 0.29) is 12.2 Å². The fourth-order valence-electron chi connectivity index (χ4n) is 5.44. The lowest BCUT2D eigenvalue weighted by molar-refractivity contribution is -0.0660. The topological polar surface area (TPSA) is 29.5 Å². The minimum Gasteiger partial charge on any atom is -0.390 e. The molecule has 0 saturated heterocycles. The third-order valence-electron chi connectivity index (χ3n) is 7.44. The summed E-state index contributed by atoms with van der Waals surface area (Å²) in [7, 11) is 0. The van der Waals surface area contributed by atoms with E-state index < -0.39 is 0 Å². The molecule has 116 valence electrons. The van der Waals surface area contributed by atoms with Crippen LogP contribution < -0.4 is 0 Å². The lowest BCUT2D eigenvalue weighted by atomic mass is 9.66. The van der Waals surface area contributed by atoms with E-state index in [1.807, 2.05) is 0 Å². The first-order valence-corrected chi connectivity index (χ1v) is 8.75. The van der Waals surface area contributed by atoms with Crippen LogP contribution in [0.3, 0.4) is 0 Å². The normalized spacial score (nSPS) is 46.8. The van der Waals surface area contributed by atoms with Crippen LogP contribution >= 0.6 is 0 Å². The first-order valence-electron chi connectivity index (χ1n) is 8.75. The van der Waals surface area contributed by atoms with Crippen LogP contribution in [0.4, 0.5) is 0 Å². The standard InChI is InChI=1S/C18H32O2/c1-17(2)13-8-10-18(17,3)14(12-13)9-11-20-16-7-5-4-6-15(16)19/h13-16,19H,4-12H2,1-3H3/t13-,14-,15?,16?,18+/m0/s1. The molecule has 0 aliphatic heterocycles. The van der Waals surface area contributed by atoms with Gasteiger partial charge in [0.25, 0.3) is 0 Å². The summed E-state index contributed by atoms with van der Waals surface area (Å²) in [5, 5.41) is 9.97. The summed E-state index contributed by atoms with van der Waals surface area (Å²) in [6.07, 6.45) is 9.70. The van der Waals surface area contributed by atoms with Crippen molar-refractivity contribution in [1.82, 2.24) is 0 Å². The molecule has 20 heavy (non-hydrogen) atoms. The molecule has 0 aromatic rings. The van der Waals surface area contributed by atoms with Crippen LogP contribution in [0.25, 0.3) is 0 Å². The quantitative estimate of drug-likeness (QED) is 0.838. The van der Waals surface area contributed by atoms with Crippen molar-refractivity contribution in [1.29, 1.82) is 0 Å². The average Bonchev–Trinajstić information content (AvgIpc) is 2.74.